The Hall–Kier alpha value is -2.25. The number of methoxy groups -OCH3 is 1. The van der Waals surface area contributed by atoms with Crippen molar-refractivity contribution in [2.24, 2.45) is 0 Å². The lowest BCUT2D eigenvalue weighted by Crippen LogP contribution is -2.28. The van der Waals surface area contributed by atoms with Gasteiger partial charge in [-0.2, -0.15) is 5.10 Å². The highest BCUT2D eigenvalue weighted by Crippen LogP contribution is 2.19. The van der Waals surface area contributed by atoms with Crippen LogP contribution in [0.5, 0.6) is 0 Å². The van der Waals surface area contributed by atoms with E-state index in [1.807, 2.05) is 0 Å². The molecular formula is C13H13FN2O4. The number of halogens is 1. The molecule has 7 heteroatoms. The number of hydrogen-bond acceptors (Lipinski definition) is 5. The number of carbonyl (C=O) groups is 1. The lowest BCUT2D eigenvalue weighted by Gasteiger charge is -2.13. The predicted molar refractivity (Wildman–Crippen MR) is 66.5 cm³/mol. The summed E-state index contributed by atoms with van der Waals surface area (Å²) < 4.78 is 18.8. The molecule has 106 valence electrons. The Kier molecular flexibility index (Phi) is 4.11. The van der Waals surface area contributed by atoms with E-state index in [0.717, 1.165) is 7.11 Å². The van der Waals surface area contributed by atoms with Gasteiger partial charge in [-0.05, 0) is 18.2 Å². The quantitative estimate of drug-likeness (QED) is 0.800. The van der Waals surface area contributed by atoms with E-state index >= 15 is 0 Å². The minimum Gasteiger partial charge on any atom is -0.467 e. The van der Waals surface area contributed by atoms with Crippen LogP contribution >= 0.6 is 0 Å². The zero-order chi connectivity index (χ0) is 14.7. The molecule has 1 aromatic heterocycles. The zero-order valence-corrected chi connectivity index (χ0v) is 10.6. The third-order valence-electron chi connectivity index (χ3n) is 2.76. The van der Waals surface area contributed by atoms with Crippen LogP contribution in [-0.4, -0.2) is 39.2 Å². The number of esters is 1. The number of benzene rings is 1. The van der Waals surface area contributed by atoms with Gasteiger partial charge in [0.15, 0.2) is 6.10 Å². The molecule has 0 aliphatic carbocycles. The summed E-state index contributed by atoms with van der Waals surface area (Å²) in [7, 11) is 1.11. The summed E-state index contributed by atoms with van der Waals surface area (Å²) in [6, 6.07) is 5.71. The number of carbonyl (C=O) groups excluding carboxylic acids is 1. The third kappa shape index (κ3) is 2.84. The Morgan fingerprint density at radius 1 is 1.45 bits per heavy atom. The van der Waals surface area contributed by atoms with E-state index in [1.165, 1.54) is 35.3 Å². The SMILES string of the molecule is COC(=O)C(O)C(O)c1cnn(-c2cccc(F)c2)c1. The Morgan fingerprint density at radius 3 is 2.85 bits per heavy atom. The first-order valence-electron chi connectivity index (χ1n) is 5.77. The van der Waals surface area contributed by atoms with Crippen molar-refractivity contribution in [3.63, 3.8) is 0 Å². The normalized spacial score (nSPS) is 13.8. The summed E-state index contributed by atoms with van der Waals surface area (Å²) in [5, 5.41) is 23.3. The fraction of sp³-hybridized carbons (Fsp3) is 0.231. The third-order valence-corrected chi connectivity index (χ3v) is 2.76. The van der Waals surface area contributed by atoms with Crippen LogP contribution in [0, 0.1) is 5.82 Å². The highest BCUT2D eigenvalue weighted by Gasteiger charge is 2.27. The van der Waals surface area contributed by atoms with E-state index in [-0.39, 0.29) is 5.56 Å². The van der Waals surface area contributed by atoms with Gasteiger partial charge in [0.2, 0.25) is 0 Å². The first-order valence-corrected chi connectivity index (χ1v) is 5.77. The topological polar surface area (TPSA) is 84.6 Å². The van der Waals surface area contributed by atoms with Crippen LogP contribution in [0.4, 0.5) is 4.39 Å². The number of nitrogens with zero attached hydrogens (tertiary/aromatic N) is 2. The van der Waals surface area contributed by atoms with Crippen molar-refractivity contribution in [1.29, 1.82) is 0 Å². The average Bonchev–Trinajstić information content (AvgIpc) is 2.94. The maximum absolute atomic E-state index is 13.1. The van der Waals surface area contributed by atoms with Crippen LogP contribution in [-0.2, 0) is 9.53 Å². The number of rotatable bonds is 4. The molecule has 0 radical (unpaired) electrons. The number of hydrogen-bond donors (Lipinski definition) is 2. The first kappa shape index (κ1) is 14.2. The Balaban J connectivity index is 2.23. The summed E-state index contributed by atoms with van der Waals surface area (Å²) in [5.74, 6) is -1.37. The van der Waals surface area contributed by atoms with E-state index in [0.29, 0.717) is 5.69 Å². The zero-order valence-electron chi connectivity index (χ0n) is 10.6. The van der Waals surface area contributed by atoms with E-state index in [4.69, 9.17) is 0 Å². The standard InChI is InChI=1S/C13H13FN2O4/c1-20-13(19)12(18)11(17)8-6-15-16(7-8)10-4-2-3-9(14)5-10/h2-7,11-12,17-18H,1H3. The van der Waals surface area contributed by atoms with Crippen molar-refractivity contribution < 1.29 is 24.1 Å². The molecule has 6 nitrogen and oxygen atoms in total. The van der Waals surface area contributed by atoms with Gasteiger partial charge in [-0.15, -0.1) is 0 Å². The molecule has 2 unspecified atom stereocenters. The summed E-state index contributed by atoms with van der Waals surface area (Å²) in [5.41, 5.74) is 0.670. The van der Waals surface area contributed by atoms with Crippen molar-refractivity contribution in [2.75, 3.05) is 7.11 Å². The van der Waals surface area contributed by atoms with Crippen LogP contribution in [0.25, 0.3) is 5.69 Å². The van der Waals surface area contributed by atoms with Gasteiger partial charge < -0.3 is 14.9 Å². The molecule has 2 rings (SSSR count). The van der Waals surface area contributed by atoms with Crippen molar-refractivity contribution >= 4 is 5.97 Å². The second-order valence-corrected chi connectivity index (χ2v) is 4.11. The number of aromatic nitrogens is 2. The van der Waals surface area contributed by atoms with E-state index < -0.39 is 24.0 Å². The van der Waals surface area contributed by atoms with Gasteiger partial charge in [-0.1, -0.05) is 6.07 Å². The summed E-state index contributed by atoms with van der Waals surface area (Å²) in [6.07, 6.45) is -0.497. The van der Waals surface area contributed by atoms with Gasteiger partial charge in [0.05, 0.1) is 19.0 Å². The van der Waals surface area contributed by atoms with Crippen LogP contribution in [0.2, 0.25) is 0 Å². The smallest absolute Gasteiger partial charge is 0.337 e. The predicted octanol–water partition coefficient (Wildman–Crippen LogP) is 0.579. The Bertz CT molecular complexity index is 614. The molecule has 20 heavy (non-hydrogen) atoms. The van der Waals surface area contributed by atoms with Crippen molar-refractivity contribution in [3.05, 3.63) is 48.0 Å². The van der Waals surface area contributed by atoms with E-state index in [9.17, 15) is 19.4 Å². The van der Waals surface area contributed by atoms with Crippen molar-refractivity contribution in [2.45, 2.75) is 12.2 Å². The Labute approximate surface area is 114 Å². The highest BCUT2D eigenvalue weighted by atomic mass is 19.1. The lowest BCUT2D eigenvalue weighted by molar-refractivity contribution is -0.156. The summed E-state index contributed by atoms with van der Waals surface area (Å²) in [4.78, 5) is 11.1. The molecule has 2 N–H and O–H groups in total. The second-order valence-electron chi connectivity index (χ2n) is 4.11. The van der Waals surface area contributed by atoms with Crippen molar-refractivity contribution in [1.82, 2.24) is 9.78 Å². The first-order chi connectivity index (χ1) is 9.52. The molecule has 0 saturated heterocycles. The Morgan fingerprint density at radius 2 is 2.20 bits per heavy atom. The lowest BCUT2D eigenvalue weighted by atomic mass is 10.1. The van der Waals surface area contributed by atoms with E-state index in [1.54, 1.807) is 6.07 Å². The number of aliphatic hydroxyl groups excluding tert-OH is 2. The number of ether oxygens (including phenoxy) is 1. The second kappa shape index (κ2) is 5.81. The monoisotopic (exact) mass is 280 g/mol. The van der Waals surface area contributed by atoms with Crippen LogP contribution in [0.3, 0.4) is 0 Å². The van der Waals surface area contributed by atoms with Crippen LogP contribution in [0.1, 0.15) is 11.7 Å². The molecule has 2 aromatic rings. The average molecular weight is 280 g/mol. The van der Waals surface area contributed by atoms with Crippen molar-refractivity contribution in [3.8, 4) is 5.69 Å². The molecule has 0 spiro atoms. The minimum atomic E-state index is -1.70. The maximum atomic E-state index is 13.1. The largest absolute Gasteiger partial charge is 0.467 e. The van der Waals surface area contributed by atoms with Gasteiger partial charge in [0.25, 0.3) is 0 Å². The van der Waals surface area contributed by atoms with Gasteiger partial charge >= 0.3 is 5.97 Å². The van der Waals surface area contributed by atoms with Gasteiger partial charge in [-0.3, -0.25) is 0 Å². The van der Waals surface area contributed by atoms with Crippen LogP contribution < -0.4 is 0 Å². The summed E-state index contributed by atoms with van der Waals surface area (Å²) in [6.45, 7) is 0. The summed E-state index contributed by atoms with van der Waals surface area (Å²) >= 11 is 0. The van der Waals surface area contributed by atoms with Gasteiger partial charge in [0, 0.05) is 11.8 Å². The minimum absolute atomic E-state index is 0.215. The molecule has 1 aromatic carbocycles. The highest BCUT2D eigenvalue weighted by molar-refractivity contribution is 5.75. The molecule has 1 heterocycles. The van der Waals surface area contributed by atoms with E-state index in [2.05, 4.69) is 9.84 Å². The van der Waals surface area contributed by atoms with Gasteiger partial charge in [0.1, 0.15) is 11.9 Å². The fourth-order valence-corrected chi connectivity index (χ4v) is 1.68. The maximum Gasteiger partial charge on any atom is 0.337 e. The molecule has 0 aliphatic heterocycles. The molecular weight excluding hydrogens is 267 g/mol. The fourth-order valence-electron chi connectivity index (χ4n) is 1.68. The molecule has 0 fully saturated rings. The molecule has 2 atom stereocenters. The van der Waals surface area contributed by atoms with Gasteiger partial charge in [-0.25, -0.2) is 13.9 Å². The molecule has 0 amide bonds. The van der Waals surface area contributed by atoms with Crippen LogP contribution in [0.15, 0.2) is 36.7 Å². The molecule has 0 bridgehead atoms. The molecule has 0 aliphatic rings. The molecule has 0 saturated carbocycles. The number of aliphatic hydroxyl groups is 2.